The number of thiocarbonyl (C=S) groups is 1. The highest BCUT2D eigenvalue weighted by Gasteiger charge is 2.63. The van der Waals surface area contributed by atoms with Gasteiger partial charge in [0, 0.05) is 5.92 Å². The Bertz CT molecular complexity index is 714. The second-order valence-electron chi connectivity index (χ2n) is 10.9. The topological polar surface area (TPSA) is 66.9 Å². The van der Waals surface area contributed by atoms with E-state index in [4.69, 9.17) is 18.0 Å². The number of rotatable bonds is 3. The SMILES string of the molecule is CC(=O)[C@@H]1[C@H]([C@@H](C#N)C(N)=S)C[C@@H]2[C@H]3CC[C@H]4CCCC[C@]4(C)[C@@H]3CC[C@@]21C. The van der Waals surface area contributed by atoms with Crippen LogP contribution < -0.4 is 5.73 Å². The maximum absolute atomic E-state index is 12.8. The highest BCUT2D eigenvalue weighted by atomic mass is 32.1. The van der Waals surface area contributed by atoms with E-state index in [9.17, 15) is 10.1 Å². The number of Topliss-reactive ketones (excluding diaryl/α,β-unsaturated/α-hetero) is 1. The molecule has 2 N–H and O–H groups in total. The van der Waals surface area contributed by atoms with Crippen LogP contribution in [-0.2, 0) is 4.79 Å². The lowest BCUT2D eigenvalue weighted by Crippen LogP contribution is -2.53. The number of hydrogen-bond acceptors (Lipinski definition) is 3. The molecule has 4 fully saturated rings. The minimum absolute atomic E-state index is 0.00522. The van der Waals surface area contributed by atoms with Crippen molar-refractivity contribution in [3.63, 3.8) is 0 Å². The van der Waals surface area contributed by atoms with E-state index < -0.39 is 5.92 Å². The zero-order valence-electron chi connectivity index (χ0n) is 17.7. The molecule has 4 rings (SSSR count). The van der Waals surface area contributed by atoms with Crippen LogP contribution in [0.1, 0.15) is 78.6 Å². The predicted molar refractivity (Wildman–Crippen MR) is 115 cm³/mol. The molecule has 0 unspecified atom stereocenters. The highest BCUT2D eigenvalue weighted by molar-refractivity contribution is 7.80. The minimum Gasteiger partial charge on any atom is -0.392 e. The van der Waals surface area contributed by atoms with Crippen molar-refractivity contribution in [2.24, 2.45) is 58.0 Å². The number of nitrogens with two attached hydrogens (primary N) is 1. The highest BCUT2D eigenvalue weighted by Crippen LogP contribution is 2.69. The van der Waals surface area contributed by atoms with Gasteiger partial charge in [-0.25, -0.2) is 0 Å². The number of nitriles is 1. The van der Waals surface area contributed by atoms with Gasteiger partial charge < -0.3 is 5.73 Å². The molecular formula is C24H36N2OS. The molecular weight excluding hydrogens is 364 g/mol. The van der Waals surface area contributed by atoms with Crippen molar-refractivity contribution in [2.45, 2.75) is 78.6 Å². The van der Waals surface area contributed by atoms with E-state index in [2.05, 4.69) is 19.9 Å². The molecule has 0 spiro atoms. The van der Waals surface area contributed by atoms with Gasteiger partial charge in [-0.15, -0.1) is 0 Å². The molecule has 4 aliphatic carbocycles. The maximum Gasteiger partial charge on any atom is 0.133 e. The zero-order chi connectivity index (χ0) is 20.3. The van der Waals surface area contributed by atoms with E-state index in [0.29, 0.717) is 17.3 Å². The second-order valence-corrected chi connectivity index (χ2v) is 11.4. The molecule has 4 saturated carbocycles. The average Bonchev–Trinajstić information content (AvgIpc) is 2.94. The van der Waals surface area contributed by atoms with Gasteiger partial charge in [0.25, 0.3) is 0 Å². The van der Waals surface area contributed by atoms with Crippen molar-refractivity contribution in [1.29, 1.82) is 5.26 Å². The van der Waals surface area contributed by atoms with Crippen molar-refractivity contribution in [1.82, 2.24) is 0 Å². The van der Waals surface area contributed by atoms with Gasteiger partial charge in [-0.05, 0) is 92.3 Å². The van der Waals surface area contributed by atoms with E-state index in [0.717, 1.165) is 24.7 Å². The summed E-state index contributed by atoms with van der Waals surface area (Å²) >= 11 is 5.25. The Kier molecular flexibility index (Phi) is 5.14. The van der Waals surface area contributed by atoms with Crippen LogP contribution in [0.25, 0.3) is 0 Å². The molecule has 154 valence electrons. The van der Waals surface area contributed by atoms with Crippen molar-refractivity contribution in [2.75, 3.05) is 0 Å². The maximum atomic E-state index is 12.8. The number of nitrogens with zero attached hydrogens (tertiary/aromatic N) is 1. The minimum atomic E-state index is -0.466. The van der Waals surface area contributed by atoms with Crippen LogP contribution in [0.4, 0.5) is 0 Å². The Morgan fingerprint density at radius 3 is 2.50 bits per heavy atom. The standard InChI is InChI=1S/C24H36N2OS/c1-14(27)21-17(18(13-25)22(26)28)12-20-16-8-7-15-6-4-5-10-23(15,2)19(16)9-11-24(20,21)3/h15-21H,4-12H2,1-3H3,(H2,26,28)/t15-,16+,17+,18-,19-,20-,21-,23+,24+/m1/s1. The Balaban J connectivity index is 1.69. The third kappa shape index (κ3) is 2.79. The van der Waals surface area contributed by atoms with Gasteiger partial charge in [-0.1, -0.05) is 38.9 Å². The Hall–Kier alpha value is -0.950. The molecule has 0 aromatic rings. The molecule has 0 bridgehead atoms. The third-order valence-electron chi connectivity index (χ3n) is 10.00. The molecule has 0 heterocycles. The summed E-state index contributed by atoms with van der Waals surface area (Å²) in [5.74, 6) is 2.64. The summed E-state index contributed by atoms with van der Waals surface area (Å²) < 4.78 is 0. The first kappa shape index (κ1) is 20.3. The second kappa shape index (κ2) is 7.08. The summed E-state index contributed by atoms with van der Waals surface area (Å²) in [4.78, 5) is 13.1. The van der Waals surface area contributed by atoms with Crippen LogP contribution in [-0.4, -0.2) is 10.8 Å². The summed E-state index contributed by atoms with van der Waals surface area (Å²) in [6.07, 6.45) is 11.6. The van der Waals surface area contributed by atoms with Gasteiger partial charge in [-0.3, -0.25) is 4.79 Å². The van der Waals surface area contributed by atoms with Gasteiger partial charge in [-0.2, -0.15) is 5.26 Å². The summed E-state index contributed by atoms with van der Waals surface area (Å²) in [7, 11) is 0. The largest absolute Gasteiger partial charge is 0.392 e. The smallest absolute Gasteiger partial charge is 0.133 e. The normalized spacial score (nSPS) is 48.5. The van der Waals surface area contributed by atoms with Crippen LogP contribution in [0.15, 0.2) is 0 Å². The van der Waals surface area contributed by atoms with Gasteiger partial charge >= 0.3 is 0 Å². The first-order chi connectivity index (χ1) is 13.2. The molecule has 0 radical (unpaired) electrons. The Morgan fingerprint density at radius 2 is 1.86 bits per heavy atom. The van der Waals surface area contributed by atoms with Crippen LogP contribution in [0.5, 0.6) is 0 Å². The van der Waals surface area contributed by atoms with Crippen molar-refractivity contribution in [3.05, 3.63) is 0 Å². The molecule has 9 atom stereocenters. The lowest BCUT2D eigenvalue weighted by molar-refractivity contribution is -0.134. The summed E-state index contributed by atoms with van der Waals surface area (Å²) in [5, 5.41) is 9.77. The fourth-order valence-corrected chi connectivity index (χ4v) is 9.08. The number of carbonyl (C=O) groups is 1. The molecule has 28 heavy (non-hydrogen) atoms. The van der Waals surface area contributed by atoms with E-state index in [1.807, 2.05) is 0 Å². The summed E-state index contributed by atoms with van der Waals surface area (Å²) in [5.41, 5.74) is 6.46. The fraction of sp³-hybridized carbons (Fsp3) is 0.875. The van der Waals surface area contributed by atoms with Crippen molar-refractivity contribution >= 4 is 23.0 Å². The average molecular weight is 401 g/mol. The molecule has 0 amide bonds. The molecule has 0 aliphatic heterocycles. The van der Waals surface area contributed by atoms with Gasteiger partial charge in [0.2, 0.25) is 0 Å². The molecule has 0 aromatic carbocycles. The zero-order valence-corrected chi connectivity index (χ0v) is 18.6. The van der Waals surface area contributed by atoms with Crippen LogP contribution >= 0.6 is 12.2 Å². The quantitative estimate of drug-likeness (QED) is 0.655. The molecule has 0 aromatic heterocycles. The fourth-order valence-electron chi connectivity index (χ4n) is 8.86. The predicted octanol–water partition coefficient (Wildman–Crippen LogP) is 5.28. The van der Waals surface area contributed by atoms with Crippen LogP contribution in [0.3, 0.4) is 0 Å². The van der Waals surface area contributed by atoms with Gasteiger partial charge in [0.15, 0.2) is 0 Å². The van der Waals surface area contributed by atoms with Crippen molar-refractivity contribution < 1.29 is 4.79 Å². The summed E-state index contributed by atoms with van der Waals surface area (Å²) in [6, 6.07) is 2.36. The summed E-state index contributed by atoms with van der Waals surface area (Å²) in [6.45, 7) is 6.66. The third-order valence-corrected chi connectivity index (χ3v) is 10.3. The number of hydrogen-bond donors (Lipinski definition) is 1. The van der Waals surface area contributed by atoms with Crippen molar-refractivity contribution in [3.8, 4) is 6.07 Å². The van der Waals surface area contributed by atoms with Crippen LogP contribution in [0, 0.1) is 63.6 Å². The van der Waals surface area contributed by atoms with Gasteiger partial charge in [0.05, 0.1) is 17.0 Å². The molecule has 0 saturated heterocycles. The van der Waals surface area contributed by atoms with Gasteiger partial charge in [0.1, 0.15) is 5.78 Å². The first-order valence-electron chi connectivity index (χ1n) is 11.4. The van der Waals surface area contributed by atoms with E-state index >= 15 is 0 Å². The monoisotopic (exact) mass is 400 g/mol. The Labute approximate surface area is 175 Å². The molecule has 3 nitrogen and oxygen atoms in total. The van der Waals surface area contributed by atoms with E-state index in [1.165, 1.54) is 44.9 Å². The molecule has 4 heteroatoms. The van der Waals surface area contributed by atoms with E-state index in [-0.39, 0.29) is 28.0 Å². The number of fused-ring (bicyclic) bond motifs is 5. The first-order valence-corrected chi connectivity index (χ1v) is 11.8. The lowest BCUT2D eigenvalue weighted by atomic mass is 9.45. The van der Waals surface area contributed by atoms with E-state index in [1.54, 1.807) is 6.92 Å². The lowest BCUT2D eigenvalue weighted by Gasteiger charge is -2.60. The Morgan fingerprint density at radius 1 is 1.11 bits per heavy atom. The molecule has 4 aliphatic rings. The van der Waals surface area contributed by atoms with Crippen LogP contribution in [0.2, 0.25) is 0 Å². The number of ketones is 1. The number of carbonyl (C=O) groups excluding carboxylic acids is 1.